The van der Waals surface area contributed by atoms with E-state index in [2.05, 4.69) is 9.46 Å². The first-order valence-electron chi connectivity index (χ1n) is 2.59. The summed E-state index contributed by atoms with van der Waals surface area (Å²) in [6, 6.07) is -1.26. The fourth-order valence-electron chi connectivity index (χ4n) is 0.494. The van der Waals surface area contributed by atoms with Gasteiger partial charge in [-0.15, -0.1) is 9.78 Å². The van der Waals surface area contributed by atoms with Crippen LogP contribution in [0.2, 0.25) is 0 Å². The molecule has 0 aliphatic heterocycles. The minimum absolute atomic E-state index is 0.287. The van der Waals surface area contributed by atoms with E-state index in [9.17, 15) is 18.0 Å². The van der Waals surface area contributed by atoms with Gasteiger partial charge in [-0.1, -0.05) is 4.36 Å². The summed E-state index contributed by atoms with van der Waals surface area (Å²) >= 11 is 0. The van der Waals surface area contributed by atoms with Gasteiger partial charge in [-0.25, -0.2) is 9.59 Å². The second-order valence-electron chi connectivity index (χ2n) is 1.60. The first-order chi connectivity index (χ1) is 5.61. The molecule has 0 saturated heterocycles. The van der Waals surface area contributed by atoms with Crippen molar-refractivity contribution in [2.24, 2.45) is 4.36 Å². The lowest BCUT2D eigenvalue weighted by atomic mass is 11.0. The molecule has 1 heterocycles. The van der Waals surface area contributed by atoms with E-state index in [1.807, 2.05) is 4.98 Å². The highest BCUT2D eigenvalue weighted by atomic mass is 32.2. The molecule has 0 saturated carbocycles. The average molecular weight is 190 g/mol. The Morgan fingerprint density at radius 2 is 2.33 bits per heavy atom. The third-order valence-electron chi connectivity index (χ3n) is 0.887. The molecule has 1 amide bonds. The Kier molecular flexibility index (Phi) is 2.14. The highest BCUT2D eigenvalue weighted by Gasteiger charge is 2.06. The van der Waals surface area contributed by atoms with Gasteiger partial charge in [0.05, 0.1) is 0 Å². The summed E-state index contributed by atoms with van der Waals surface area (Å²) in [6.07, 6.45) is 0.948. The SMILES string of the molecule is O=C(N=S(=O)=O)n1nc[nH]c1=O. The fourth-order valence-corrected chi connectivity index (χ4v) is 0.699. The molecular weight excluding hydrogens is 188 g/mol. The topological polar surface area (TPSA) is 114 Å². The summed E-state index contributed by atoms with van der Waals surface area (Å²) in [6.45, 7) is 0. The van der Waals surface area contributed by atoms with Gasteiger partial charge >= 0.3 is 22.2 Å². The summed E-state index contributed by atoms with van der Waals surface area (Å²) in [4.78, 5) is 23.3. The van der Waals surface area contributed by atoms with Crippen LogP contribution in [-0.4, -0.2) is 29.2 Å². The normalized spacial score (nSPS) is 9.33. The largest absolute Gasteiger partial charge is 0.387 e. The van der Waals surface area contributed by atoms with Crippen LogP contribution in [0.25, 0.3) is 0 Å². The van der Waals surface area contributed by atoms with E-state index in [0.717, 1.165) is 6.33 Å². The maximum Gasteiger partial charge on any atom is 0.387 e. The maximum atomic E-state index is 10.7. The van der Waals surface area contributed by atoms with Crippen molar-refractivity contribution in [2.45, 2.75) is 0 Å². The zero-order chi connectivity index (χ0) is 9.14. The summed E-state index contributed by atoms with van der Waals surface area (Å²) in [5, 5.41) is 3.20. The van der Waals surface area contributed by atoms with E-state index < -0.39 is 22.2 Å². The van der Waals surface area contributed by atoms with Crippen LogP contribution in [0.1, 0.15) is 0 Å². The Morgan fingerprint density at radius 3 is 2.75 bits per heavy atom. The number of hydrogen-bond donors (Lipinski definition) is 1. The molecule has 0 aliphatic rings. The van der Waals surface area contributed by atoms with Crippen LogP contribution in [-0.2, 0) is 10.5 Å². The Morgan fingerprint density at radius 1 is 1.67 bits per heavy atom. The minimum atomic E-state index is -2.88. The molecule has 9 heteroatoms. The zero-order valence-electron chi connectivity index (χ0n) is 5.46. The van der Waals surface area contributed by atoms with Crippen molar-refractivity contribution in [1.29, 1.82) is 0 Å². The molecule has 0 unspecified atom stereocenters. The van der Waals surface area contributed by atoms with Gasteiger partial charge in [-0.3, -0.25) is 4.98 Å². The average Bonchev–Trinajstić information content (AvgIpc) is 2.33. The monoisotopic (exact) mass is 190 g/mol. The lowest BCUT2D eigenvalue weighted by Gasteiger charge is -1.83. The van der Waals surface area contributed by atoms with E-state index in [-0.39, 0.29) is 4.68 Å². The van der Waals surface area contributed by atoms with Crippen molar-refractivity contribution in [2.75, 3.05) is 0 Å². The number of aromatic nitrogens is 3. The molecule has 1 rings (SSSR count). The predicted octanol–water partition coefficient (Wildman–Crippen LogP) is -1.40. The van der Waals surface area contributed by atoms with Crippen molar-refractivity contribution in [3.63, 3.8) is 0 Å². The molecule has 0 aliphatic carbocycles. The standard InChI is InChI=1S/C3H2N4O4S/c8-2-4-1-5-7(2)3(9)6-12(10)11/h1H,(H,4,5,8). The Balaban J connectivity index is 3.18. The van der Waals surface area contributed by atoms with Gasteiger partial charge in [0, 0.05) is 0 Å². The number of aromatic amines is 1. The number of H-pyrrole nitrogens is 1. The highest BCUT2D eigenvalue weighted by Crippen LogP contribution is 1.78. The van der Waals surface area contributed by atoms with Crippen LogP contribution < -0.4 is 5.69 Å². The highest BCUT2D eigenvalue weighted by molar-refractivity contribution is 7.62. The van der Waals surface area contributed by atoms with Crippen molar-refractivity contribution in [3.05, 3.63) is 16.8 Å². The molecule has 1 aromatic rings. The molecule has 12 heavy (non-hydrogen) atoms. The van der Waals surface area contributed by atoms with E-state index in [4.69, 9.17) is 0 Å². The van der Waals surface area contributed by atoms with Crippen LogP contribution in [0.5, 0.6) is 0 Å². The second kappa shape index (κ2) is 3.09. The summed E-state index contributed by atoms with van der Waals surface area (Å²) in [5.74, 6) is 0. The molecule has 64 valence electrons. The zero-order valence-corrected chi connectivity index (χ0v) is 6.28. The first kappa shape index (κ1) is 8.33. The number of hydrogen-bond acceptors (Lipinski definition) is 5. The molecule has 1 aromatic heterocycles. The lowest BCUT2D eigenvalue weighted by molar-refractivity contribution is 0.247. The van der Waals surface area contributed by atoms with E-state index >= 15 is 0 Å². The van der Waals surface area contributed by atoms with E-state index in [1.165, 1.54) is 0 Å². The van der Waals surface area contributed by atoms with Gasteiger partial charge in [0.1, 0.15) is 6.33 Å². The molecule has 0 radical (unpaired) electrons. The van der Waals surface area contributed by atoms with Crippen molar-refractivity contribution < 1.29 is 13.2 Å². The number of nitrogens with one attached hydrogen (secondary N) is 1. The van der Waals surface area contributed by atoms with Crippen LogP contribution in [0, 0.1) is 0 Å². The first-order valence-corrected chi connectivity index (χ1v) is 3.62. The van der Waals surface area contributed by atoms with Gasteiger partial charge in [-0.2, -0.15) is 8.42 Å². The van der Waals surface area contributed by atoms with Crippen molar-refractivity contribution in [1.82, 2.24) is 14.8 Å². The van der Waals surface area contributed by atoms with Gasteiger partial charge in [0.15, 0.2) is 0 Å². The number of rotatable bonds is 0. The molecule has 8 nitrogen and oxygen atoms in total. The smallest absolute Gasteiger partial charge is 0.295 e. The molecular formula is C3H2N4O4S. The van der Waals surface area contributed by atoms with Crippen LogP contribution in [0.15, 0.2) is 15.5 Å². The number of nitrogens with zero attached hydrogens (tertiary/aromatic N) is 3. The number of carbonyl (C=O) groups excluding carboxylic acids is 1. The Bertz CT molecular complexity index is 470. The maximum absolute atomic E-state index is 10.7. The summed E-state index contributed by atoms with van der Waals surface area (Å²) in [5.41, 5.74) is -0.839. The Hall–Kier alpha value is -1.77. The van der Waals surface area contributed by atoms with Crippen molar-refractivity contribution in [3.8, 4) is 0 Å². The quantitative estimate of drug-likeness (QED) is 0.540. The third kappa shape index (κ3) is 1.63. The van der Waals surface area contributed by atoms with E-state index in [1.54, 1.807) is 0 Å². The van der Waals surface area contributed by atoms with Crippen molar-refractivity contribution >= 4 is 16.5 Å². The van der Waals surface area contributed by atoms with E-state index in [0.29, 0.717) is 0 Å². The van der Waals surface area contributed by atoms with Gasteiger partial charge < -0.3 is 0 Å². The van der Waals surface area contributed by atoms with Crippen LogP contribution in [0.3, 0.4) is 0 Å². The lowest BCUT2D eigenvalue weighted by Crippen LogP contribution is -2.23. The Labute approximate surface area is 66.5 Å². The van der Waals surface area contributed by atoms with Gasteiger partial charge in [0.2, 0.25) is 0 Å². The fraction of sp³-hybridized carbons (Fsp3) is 0. The molecule has 0 bridgehead atoms. The third-order valence-corrected chi connectivity index (χ3v) is 1.19. The molecule has 0 atom stereocenters. The minimum Gasteiger partial charge on any atom is -0.295 e. The summed E-state index contributed by atoms with van der Waals surface area (Å²) in [7, 11) is -2.88. The molecule has 0 spiro atoms. The van der Waals surface area contributed by atoms with Crippen LogP contribution in [0.4, 0.5) is 4.79 Å². The van der Waals surface area contributed by atoms with Crippen LogP contribution >= 0.6 is 0 Å². The molecule has 0 aromatic carbocycles. The number of carbonyl (C=O) groups is 1. The second-order valence-corrected chi connectivity index (χ2v) is 2.21. The molecule has 1 N–H and O–H groups in total. The predicted molar refractivity (Wildman–Crippen MR) is 35.0 cm³/mol. The molecule has 0 fully saturated rings. The van der Waals surface area contributed by atoms with Gasteiger partial charge in [-0.05, 0) is 0 Å². The van der Waals surface area contributed by atoms with Gasteiger partial charge in [0.25, 0.3) is 0 Å². The number of amides is 1. The summed E-state index contributed by atoms with van der Waals surface area (Å²) < 4.78 is 22.6.